The minimum atomic E-state index is -0.561. The van der Waals surface area contributed by atoms with E-state index >= 15 is 0 Å². The van der Waals surface area contributed by atoms with Gasteiger partial charge in [-0.05, 0) is 49.9 Å². The SMILES string of the molecule is CC[C@H](C(=O)N[C@@H](C)CC)N(CCc1ccccc1)C(=O)COc1ccc(Br)cc1Cl. The summed E-state index contributed by atoms with van der Waals surface area (Å²) in [5.41, 5.74) is 1.11. The van der Waals surface area contributed by atoms with Gasteiger partial charge in [-0.3, -0.25) is 9.59 Å². The fourth-order valence-electron chi connectivity index (χ4n) is 3.15. The van der Waals surface area contributed by atoms with Crippen LogP contribution < -0.4 is 10.1 Å². The van der Waals surface area contributed by atoms with E-state index in [2.05, 4.69) is 21.2 Å². The third-order valence-electron chi connectivity index (χ3n) is 5.12. The van der Waals surface area contributed by atoms with Crippen LogP contribution in [0, 0.1) is 0 Å². The fourth-order valence-corrected chi connectivity index (χ4v) is 3.88. The number of ether oxygens (including phenoxy) is 1. The number of benzene rings is 2. The number of hydrogen-bond acceptors (Lipinski definition) is 3. The summed E-state index contributed by atoms with van der Waals surface area (Å²) in [5, 5.41) is 3.42. The van der Waals surface area contributed by atoms with E-state index < -0.39 is 6.04 Å². The molecule has 168 valence electrons. The summed E-state index contributed by atoms with van der Waals surface area (Å²) in [6.07, 6.45) is 1.99. The van der Waals surface area contributed by atoms with Gasteiger partial charge in [0.05, 0.1) is 5.02 Å². The molecule has 0 spiro atoms. The maximum Gasteiger partial charge on any atom is 0.261 e. The molecular weight excluding hydrogens is 480 g/mol. The first-order chi connectivity index (χ1) is 14.8. The van der Waals surface area contributed by atoms with Crippen LogP contribution in [0.1, 0.15) is 39.2 Å². The second-order valence-electron chi connectivity index (χ2n) is 7.43. The number of rotatable bonds is 11. The molecule has 31 heavy (non-hydrogen) atoms. The van der Waals surface area contributed by atoms with Crippen molar-refractivity contribution < 1.29 is 14.3 Å². The van der Waals surface area contributed by atoms with Gasteiger partial charge < -0.3 is 15.0 Å². The lowest BCUT2D eigenvalue weighted by molar-refractivity contribution is -0.142. The Morgan fingerprint density at radius 2 is 1.84 bits per heavy atom. The monoisotopic (exact) mass is 508 g/mol. The van der Waals surface area contributed by atoms with Crippen LogP contribution in [-0.2, 0) is 16.0 Å². The molecule has 0 aliphatic carbocycles. The highest BCUT2D eigenvalue weighted by Gasteiger charge is 2.29. The molecule has 0 saturated carbocycles. The second kappa shape index (κ2) is 12.7. The highest BCUT2D eigenvalue weighted by Crippen LogP contribution is 2.27. The van der Waals surface area contributed by atoms with Crippen LogP contribution in [0.5, 0.6) is 5.75 Å². The smallest absolute Gasteiger partial charge is 0.261 e. The largest absolute Gasteiger partial charge is 0.482 e. The molecule has 0 fully saturated rings. The summed E-state index contributed by atoms with van der Waals surface area (Å²) in [4.78, 5) is 27.7. The van der Waals surface area contributed by atoms with Gasteiger partial charge in [0.1, 0.15) is 11.8 Å². The molecule has 0 aliphatic rings. The molecular formula is C24H30BrClN2O3. The van der Waals surface area contributed by atoms with Crippen LogP contribution in [0.3, 0.4) is 0 Å². The Morgan fingerprint density at radius 3 is 2.45 bits per heavy atom. The molecule has 0 unspecified atom stereocenters. The zero-order chi connectivity index (χ0) is 22.8. The third-order valence-corrected chi connectivity index (χ3v) is 5.90. The zero-order valence-corrected chi connectivity index (χ0v) is 20.6. The number of carbonyl (C=O) groups excluding carboxylic acids is 2. The predicted octanol–water partition coefficient (Wildman–Crippen LogP) is 5.25. The highest BCUT2D eigenvalue weighted by atomic mass is 79.9. The van der Waals surface area contributed by atoms with Gasteiger partial charge in [-0.2, -0.15) is 0 Å². The molecule has 2 atom stereocenters. The normalized spacial score (nSPS) is 12.7. The Balaban J connectivity index is 2.15. The maximum atomic E-state index is 13.1. The van der Waals surface area contributed by atoms with Gasteiger partial charge in [-0.25, -0.2) is 0 Å². The third kappa shape index (κ3) is 7.86. The molecule has 2 rings (SSSR count). The summed E-state index contributed by atoms with van der Waals surface area (Å²) in [5.74, 6) is 0.0411. The molecule has 0 saturated heterocycles. The van der Waals surface area contributed by atoms with Gasteiger partial charge in [-0.15, -0.1) is 0 Å². The van der Waals surface area contributed by atoms with Crippen molar-refractivity contribution in [3.05, 3.63) is 63.6 Å². The Kier molecular flexibility index (Phi) is 10.3. The second-order valence-corrected chi connectivity index (χ2v) is 8.75. The number of nitrogens with zero attached hydrogens (tertiary/aromatic N) is 1. The van der Waals surface area contributed by atoms with Crippen molar-refractivity contribution in [2.75, 3.05) is 13.2 Å². The fraction of sp³-hybridized carbons (Fsp3) is 0.417. The van der Waals surface area contributed by atoms with Crippen molar-refractivity contribution in [1.29, 1.82) is 0 Å². The molecule has 2 aromatic rings. The van der Waals surface area contributed by atoms with E-state index in [1.54, 1.807) is 23.1 Å². The van der Waals surface area contributed by atoms with Gasteiger partial charge in [0.25, 0.3) is 5.91 Å². The van der Waals surface area contributed by atoms with Crippen LogP contribution in [0.15, 0.2) is 53.0 Å². The molecule has 2 aromatic carbocycles. The first-order valence-electron chi connectivity index (χ1n) is 10.6. The van der Waals surface area contributed by atoms with Crippen molar-refractivity contribution in [2.45, 2.75) is 52.1 Å². The van der Waals surface area contributed by atoms with Gasteiger partial charge in [0.15, 0.2) is 6.61 Å². The summed E-state index contributed by atoms with van der Waals surface area (Å²) >= 11 is 9.56. The van der Waals surface area contributed by atoms with Crippen molar-refractivity contribution in [3.63, 3.8) is 0 Å². The van der Waals surface area contributed by atoms with Gasteiger partial charge in [-0.1, -0.05) is 71.7 Å². The van der Waals surface area contributed by atoms with Crippen LogP contribution in [-0.4, -0.2) is 41.9 Å². The average Bonchev–Trinajstić information content (AvgIpc) is 2.76. The van der Waals surface area contributed by atoms with Gasteiger partial charge >= 0.3 is 0 Å². The van der Waals surface area contributed by atoms with E-state index in [1.807, 2.05) is 51.1 Å². The molecule has 1 N–H and O–H groups in total. The van der Waals surface area contributed by atoms with Crippen LogP contribution >= 0.6 is 27.5 Å². The summed E-state index contributed by atoms with van der Waals surface area (Å²) in [6.45, 7) is 6.12. The summed E-state index contributed by atoms with van der Waals surface area (Å²) in [6, 6.07) is 14.6. The Morgan fingerprint density at radius 1 is 1.13 bits per heavy atom. The number of carbonyl (C=O) groups is 2. The lowest BCUT2D eigenvalue weighted by Gasteiger charge is -2.31. The van der Waals surface area contributed by atoms with Crippen LogP contribution in [0.25, 0.3) is 0 Å². The molecule has 0 bridgehead atoms. The maximum absolute atomic E-state index is 13.1. The standard InChI is InChI=1S/C24H30BrClN2O3/c1-4-17(3)27-24(30)21(5-2)28(14-13-18-9-7-6-8-10-18)23(29)16-31-22-12-11-19(25)15-20(22)26/h6-12,15,17,21H,4-5,13-14,16H2,1-3H3,(H,27,30)/t17-,21+/m0/s1. The van der Waals surface area contributed by atoms with Crippen molar-refractivity contribution >= 4 is 39.3 Å². The van der Waals surface area contributed by atoms with E-state index in [0.717, 1.165) is 16.5 Å². The molecule has 0 heterocycles. The lowest BCUT2D eigenvalue weighted by atomic mass is 10.1. The topological polar surface area (TPSA) is 58.6 Å². The van der Waals surface area contributed by atoms with E-state index in [4.69, 9.17) is 16.3 Å². The molecule has 0 aliphatic heterocycles. The van der Waals surface area contributed by atoms with E-state index in [-0.39, 0.29) is 24.5 Å². The minimum absolute atomic E-state index is 0.0467. The van der Waals surface area contributed by atoms with Crippen molar-refractivity contribution in [2.24, 2.45) is 0 Å². The molecule has 5 nitrogen and oxygen atoms in total. The summed E-state index contributed by atoms with van der Waals surface area (Å²) in [7, 11) is 0. The Hall–Kier alpha value is -2.05. The number of amides is 2. The van der Waals surface area contributed by atoms with E-state index in [9.17, 15) is 9.59 Å². The Labute approximate surface area is 198 Å². The number of halogens is 2. The molecule has 7 heteroatoms. The van der Waals surface area contributed by atoms with Gasteiger partial charge in [0, 0.05) is 17.1 Å². The van der Waals surface area contributed by atoms with Crippen molar-refractivity contribution in [3.8, 4) is 5.75 Å². The number of nitrogens with one attached hydrogen (secondary N) is 1. The highest BCUT2D eigenvalue weighted by molar-refractivity contribution is 9.10. The molecule has 0 radical (unpaired) electrons. The summed E-state index contributed by atoms with van der Waals surface area (Å²) < 4.78 is 6.51. The van der Waals surface area contributed by atoms with Crippen LogP contribution in [0.2, 0.25) is 5.02 Å². The van der Waals surface area contributed by atoms with E-state index in [0.29, 0.717) is 30.2 Å². The average molecular weight is 510 g/mol. The quantitative estimate of drug-likeness (QED) is 0.450. The van der Waals surface area contributed by atoms with Crippen molar-refractivity contribution in [1.82, 2.24) is 10.2 Å². The Bertz CT molecular complexity index is 863. The first-order valence-corrected chi connectivity index (χ1v) is 11.7. The van der Waals surface area contributed by atoms with Crippen LogP contribution in [0.4, 0.5) is 0 Å². The molecule has 0 aromatic heterocycles. The first kappa shape index (κ1) is 25.2. The minimum Gasteiger partial charge on any atom is -0.482 e. The van der Waals surface area contributed by atoms with Gasteiger partial charge in [0.2, 0.25) is 5.91 Å². The van der Waals surface area contributed by atoms with E-state index in [1.165, 1.54) is 0 Å². The zero-order valence-electron chi connectivity index (χ0n) is 18.2. The molecule has 2 amide bonds. The predicted molar refractivity (Wildman–Crippen MR) is 128 cm³/mol. The number of hydrogen-bond donors (Lipinski definition) is 1. The lowest BCUT2D eigenvalue weighted by Crippen LogP contribution is -2.52.